The van der Waals surface area contributed by atoms with Crippen LogP contribution in [0.25, 0.3) is 11.3 Å². The molecule has 2 aromatic rings. The number of nitrogens with zero attached hydrogens (tertiary/aromatic N) is 2. The molecule has 1 heterocycles. The summed E-state index contributed by atoms with van der Waals surface area (Å²) in [5.74, 6) is -0.499. The van der Waals surface area contributed by atoms with Crippen molar-refractivity contribution in [1.82, 2.24) is 9.97 Å². The van der Waals surface area contributed by atoms with E-state index in [0.717, 1.165) is 6.26 Å². The van der Waals surface area contributed by atoms with E-state index in [4.69, 9.17) is 0 Å². The van der Waals surface area contributed by atoms with Gasteiger partial charge in [-0.1, -0.05) is 13.8 Å². The van der Waals surface area contributed by atoms with Gasteiger partial charge in [0.25, 0.3) is 0 Å². The normalized spacial score (nSPS) is 11.9. The highest BCUT2D eigenvalue weighted by Gasteiger charge is 2.21. The zero-order valence-corrected chi connectivity index (χ0v) is 13.4. The average molecular weight is 324 g/mol. The van der Waals surface area contributed by atoms with E-state index in [0.29, 0.717) is 22.5 Å². The van der Waals surface area contributed by atoms with E-state index in [1.54, 1.807) is 0 Å². The van der Waals surface area contributed by atoms with Gasteiger partial charge in [0.1, 0.15) is 5.82 Å². The Bertz CT molecular complexity index is 787. The molecule has 118 valence electrons. The smallest absolute Gasteiger partial charge is 0.247 e. The highest BCUT2D eigenvalue weighted by Crippen LogP contribution is 2.29. The van der Waals surface area contributed by atoms with Crippen molar-refractivity contribution in [3.63, 3.8) is 0 Å². The molecule has 0 atom stereocenters. The monoisotopic (exact) mass is 324 g/mol. The topological polar surface area (TPSA) is 80.2 Å². The minimum atomic E-state index is -3.60. The Morgan fingerprint density at radius 3 is 2.23 bits per heavy atom. The SMILES string of the molecule is CC(C)c1nc(S(C)(=O)=O)nc(-c2ccc(F)cc2)c1CO. The number of aromatic nitrogens is 2. The fourth-order valence-corrected chi connectivity index (χ4v) is 2.65. The molecule has 2 rings (SSSR count). The molecule has 0 amide bonds. The maximum Gasteiger partial charge on any atom is 0.247 e. The molecule has 0 spiro atoms. The lowest BCUT2D eigenvalue weighted by Crippen LogP contribution is -2.12. The summed E-state index contributed by atoms with van der Waals surface area (Å²) < 4.78 is 36.7. The first-order valence-electron chi connectivity index (χ1n) is 6.71. The molecule has 0 saturated carbocycles. The van der Waals surface area contributed by atoms with Gasteiger partial charge in [0.05, 0.1) is 18.0 Å². The lowest BCUT2D eigenvalue weighted by Gasteiger charge is -2.15. The second-order valence-electron chi connectivity index (χ2n) is 5.31. The van der Waals surface area contributed by atoms with Gasteiger partial charge < -0.3 is 5.11 Å². The molecule has 1 aromatic carbocycles. The van der Waals surface area contributed by atoms with E-state index < -0.39 is 15.7 Å². The van der Waals surface area contributed by atoms with Crippen LogP contribution in [0.2, 0.25) is 0 Å². The average Bonchev–Trinajstić information content (AvgIpc) is 2.45. The van der Waals surface area contributed by atoms with Crippen LogP contribution in [0.15, 0.2) is 29.4 Å². The van der Waals surface area contributed by atoms with Crippen LogP contribution in [0, 0.1) is 5.82 Å². The molecule has 7 heteroatoms. The quantitative estimate of drug-likeness (QED) is 0.873. The molecule has 5 nitrogen and oxygen atoms in total. The number of aliphatic hydroxyl groups excluding tert-OH is 1. The van der Waals surface area contributed by atoms with E-state index in [2.05, 4.69) is 9.97 Å². The highest BCUT2D eigenvalue weighted by atomic mass is 32.2. The maximum absolute atomic E-state index is 13.1. The molecule has 0 radical (unpaired) electrons. The first kappa shape index (κ1) is 16.5. The van der Waals surface area contributed by atoms with Gasteiger partial charge in [-0.15, -0.1) is 0 Å². The maximum atomic E-state index is 13.1. The summed E-state index contributed by atoms with van der Waals surface area (Å²) in [6.07, 6.45) is 1.03. The zero-order chi connectivity index (χ0) is 16.5. The number of aliphatic hydroxyl groups is 1. The molecule has 0 bridgehead atoms. The Balaban J connectivity index is 2.80. The number of benzene rings is 1. The summed E-state index contributed by atoms with van der Waals surface area (Å²) >= 11 is 0. The molecular formula is C15H17FN2O3S. The van der Waals surface area contributed by atoms with Crippen LogP contribution in [0.1, 0.15) is 31.0 Å². The molecule has 0 fully saturated rings. The standard InChI is InChI=1S/C15H17FN2O3S/c1-9(2)13-12(8-19)14(10-4-6-11(16)7-5-10)18-15(17-13)22(3,20)21/h4-7,9,19H,8H2,1-3H3. The Labute approximate surface area is 128 Å². The first-order valence-corrected chi connectivity index (χ1v) is 8.61. The van der Waals surface area contributed by atoms with Crippen LogP contribution in [0.3, 0.4) is 0 Å². The first-order chi connectivity index (χ1) is 10.2. The van der Waals surface area contributed by atoms with Crippen LogP contribution in [-0.4, -0.2) is 29.7 Å². The van der Waals surface area contributed by atoms with Crippen molar-refractivity contribution in [3.8, 4) is 11.3 Å². The number of hydrogen-bond acceptors (Lipinski definition) is 5. The Morgan fingerprint density at radius 2 is 1.77 bits per heavy atom. The number of halogens is 1. The lowest BCUT2D eigenvalue weighted by molar-refractivity contribution is 0.279. The van der Waals surface area contributed by atoms with Crippen molar-refractivity contribution >= 4 is 9.84 Å². The predicted octanol–water partition coefficient (Wildman–Crippen LogP) is 2.30. The minimum Gasteiger partial charge on any atom is -0.392 e. The molecule has 0 saturated heterocycles. The third-order valence-corrected chi connectivity index (χ3v) is 4.02. The van der Waals surface area contributed by atoms with Gasteiger partial charge in [-0.25, -0.2) is 22.8 Å². The van der Waals surface area contributed by atoms with E-state index >= 15 is 0 Å². The van der Waals surface area contributed by atoms with E-state index in [1.807, 2.05) is 13.8 Å². The predicted molar refractivity (Wildman–Crippen MR) is 80.5 cm³/mol. The van der Waals surface area contributed by atoms with Crippen LogP contribution in [0.5, 0.6) is 0 Å². The third kappa shape index (κ3) is 3.31. The molecule has 1 aromatic heterocycles. The van der Waals surface area contributed by atoms with Crippen molar-refractivity contribution in [2.24, 2.45) is 0 Å². The van der Waals surface area contributed by atoms with Crippen LogP contribution in [0.4, 0.5) is 4.39 Å². The summed E-state index contributed by atoms with van der Waals surface area (Å²) in [7, 11) is -3.60. The van der Waals surface area contributed by atoms with Crippen molar-refractivity contribution in [2.45, 2.75) is 31.5 Å². The second kappa shape index (κ2) is 6.10. The molecule has 1 N–H and O–H groups in total. The van der Waals surface area contributed by atoms with Crippen LogP contribution in [-0.2, 0) is 16.4 Å². The fraction of sp³-hybridized carbons (Fsp3) is 0.333. The Morgan fingerprint density at radius 1 is 1.18 bits per heavy atom. The Kier molecular flexibility index (Phi) is 4.58. The molecule has 22 heavy (non-hydrogen) atoms. The highest BCUT2D eigenvalue weighted by molar-refractivity contribution is 7.90. The second-order valence-corrected chi connectivity index (χ2v) is 7.22. The molecular weight excluding hydrogens is 307 g/mol. The summed E-state index contributed by atoms with van der Waals surface area (Å²) in [5, 5.41) is 9.36. The van der Waals surface area contributed by atoms with Gasteiger partial charge in [0.2, 0.25) is 15.0 Å². The lowest BCUT2D eigenvalue weighted by atomic mass is 9.99. The van der Waals surface area contributed by atoms with Crippen LogP contribution < -0.4 is 0 Å². The van der Waals surface area contributed by atoms with E-state index in [-0.39, 0.29) is 17.7 Å². The van der Waals surface area contributed by atoms with E-state index in [1.165, 1.54) is 24.3 Å². The van der Waals surface area contributed by atoms with Gasteiger partial charge >= 0.3 is 0 Å². The summed E-state index contributed by atoms with van der Waals surface area (Å²) in [6.45, 7) is 3.37. The summed E-state index contributed by atoms with van der Waals surface area (Å²) in [5.41, 5.74) is 1.76. The molecule has 0 aliphatic carbocycles. The largest absolute Gasteiger partial charge is 0.392 e. The van der Waals surface area contributed by atoms with Crippen molar-refractivity contribution in [3.05, 3.63) is 41.3 Å². The van der Waals surface area contributed by atoms with Crippen molar-refractivity contribution in [1.29, 1.82) is 0 Å². The zero-order valence-electron chi connectivity index (χ0n) is 12.5. The summed E-state index contributed by atoms with van der Waals surface area (Å²) in [4.78, 5) is 8.16. The number of sulfone groups is 1. The number of hydrogen-bond donors (Lipinski definition) is 1. The van der Waals surface area contributed by atoms with Crippen molar-refractivity contribution in [2.75, 3.05) is 6.26 Å². The van der Waals surface area contributed by atoms with Gasteiger partial charge in [0.15, 0.2) is 0 Å². The van der Waals surface area contributed by atoms with Crippen LogP contribution >= 0.6 is 0 Å². The molecule has 0 aliphatic rings. The molecule has 0 unspecified atom stereocenters. The van der Waals surface area contributed by atoms with Crippen molar-refractivity contribution < 1.29 is 17.9 Å². The fourth-order valence-electron chi connectivity index (χ4n) is 2.13. The van der Waals surface area contributed by atoms with Gasteiger partial charge in [-0.3, -0.25) is 0 Å². The van der Waals surface area contributed by atoms with Gasteiger partial charge in [-0.2, -0.15) is 0 Å². The Hall–Kier alpha value is -1.86. The summed E-state index contributed by atoms with van der Waals surface area (Å²) in [6, 6.07) is 5.50. The minimum absolute atomic E-state index is 0.0927. The third-order valence-electron chi connectivity index (χ3n) is 3.17. The number of rotatable bonds is 4. The molecule has 0 aliphatic heterocycles. The van der Waals surface area contributed by atoms with Gasteiger partial charge in [-0.05, 0) is 30.2 Å². The van der Waals surface area contributed by atoms with E-state index in [9.17, 15) is 17.9 Å². The van der Waals surface area contributed by atoms with Gasteiger partial charge in [0, 0.05) is 17.4 Å².